The molecule has 3 heterocycles. The molecule has 3 aliphatic heterocycles. The van der Waals surface area contributed by atoms with Crippen molar-refractivity contribution in [2.45, 2.75) is 19.0 Å². The smallest absolute Gasteiger partial charge is 0.231 e. The second-order valence-corrected chi connectivity index (χ2v) is 9.25. The van der Waals surface area contributed by atoms with Gasteiger partial charge in [0.05, 0.1) is 19.1 Å². The second kappa shape index (κ2) is 9.06. The lowest BCUT2D eigenvalue weighted by Gasteiger charge is -2.49. The van der Waals surface area contributed by atoms with Crippen LogP contribution in [-0.4, -0.2) is 45.5 Å². The number of carbonyl (C=O) groups excluding carboxylic acids is 1. The number of amides is 1. The lowest BCUT2D eigenvalue weighted by atomic mass is 9.83. The van der Waals surface area contributed by atoms with Gasteiger partial charge in [0.1, 0.15) is 5.75 Å². The van der Waals surface area contributed by atoms with Gasteiger partial charge in [0.2, 0.25) is 12.7 Å². The number of fused-ring (bicyclic) bond motifs is 4. The van der Waals surface area contributed by atoms with Crippen LogP contribution in [0.4, 0.5) is 11.4 Å². The number of para-hydroxylation sites is 1. The normalized spacial score (nSPS) is 20.1. The van der Waals surface area contributed by atoms with Crippen molar-refractivity contribution >= 4 is 17.3 Å². The van der Waals surface area contributed by atoms with Gasteiger partial charge in [0, 0.05) is 37.6 Å². The molecule has 1 amide bonds. The fraction of sp³-hybridized carbons (Fsp3) is 0.321. The van der Waals surface area contributed by atoms with Gasteiger partial charge in [0.15, 0.2) is 11.5 Å². The summed E-state index contributed by atoms with van der Waals surface area (Å²) in [6.07, 6.45) is 0.737. The summed E-state index contributed by atoms with van der Waals surface area (Å²) < 4.78 is 16.2. The number of carbonyl (C=O) groups is 1. The quantitative estimate of drug-likeness (QED) is 0.614. The number of anilines is 2. The summed E-state index contributed by atoms with van der Waals surface area (Å²) in [6, 6.07) is 22.6. The first-order valence-corrected chi connectivity index (χ1v) is 12.1. The van der Waals surface area contributed by atoms with E-state index in [2.05, 4.69) is 51.5 Å². The van der Waals surface area contributed by atoms with Crippen LogP contribution >= 0.6 is 0 Å². The van der Waals surface area contributed by atoms with Gasteiger partial charge in [-0.05, 0) is 60.0 Å². The standard InChI is InChI=1S/C28H29N3O4/c1-33-22-9-7-21(8-10-22)30-12-13-31-24-5-3-2-4-20(24)15-23(25(31)17-30)28(32)29-16-19-6-11-26-27(14-19)35-18-34-26/h2-11,14,23,25H,12-13,15-18H2,1H3,(H,29,32). The molecule has 0 spiro atoms. The van der Waals surface area contributed by atoms with E-state index < -0.39 is 0 Å². The number of ether oxygens (including phenoxy) is 3. The van der Waals surface area contributed by atoms with Crippen molar-refractivity contribution in [2.75, 3.05) is 43.3 Å². The molecule has 1 N–H and O–H groups in total. The predicted molar refractivity (Wildman–Crippen MR) is 134 cm³/mol. The Bertz CT molecular complexity index is 1230. The van der Waals surface area contributed by atoms with Gasteiger partial charge in [-0.15, -0.1) is 0 Å². The van der Waals surface area contributed by atoms with E-state index in [1.165, 1.54) is 11.3 Å². The van der Waals surface area contributed by atoms with Crippen LogP contribution in [0.2, 0.25) is 0 Å². The minimum absolute atomic E-state index is 0.0868. The first kappa shape index (κ1) is 21.6. The van der Waals surface area contributed by atoms with Crippen molar-refractivity contribution in [1.29, 1.82) is 0 Å². The molecule has 3 aromatic rings. The molecular weight excluding hydrogens is 442 g/mol. The molecule has 0 aliphatic carbocycles. The third-order valence-corrected chi connectivity index (χ3v) is 7.30. The Morgan fingerprint density at radius 2 is 1.86 bits per heavy atom. The van der Waals surface area contributed by atoms with Crippen LogP contribution in [-0.2, 0) is 17.8 Å². The van der Waals surface area contributed by atoms with E-state index in [9.17, 15) is 4.79 Å². The topological polar surface area (TPSA) is 63.3 Å². The minimum Gasteiger partial charge on any atom is -0.497 e. The van der Waals surface area contributed by atoms with E-state index in [0.29, 0.717) is 6.54 Å². The molecule has 3 aromatic carbocycles. The van der Waals surface area contributed by atoms with Gasteiger partial charge >= 0.3 is 0 Å². The molecule has 7 heteroatoms. The van der Waals surface area contributed by atoms with E-state index in [-0.39, 0.29) is 24.7 Å². The fourth-order valence-corrected chi connectivity index (χ4v) is 5.46. The zero-order valence-corrected chi connectivity index (χ0v) is 19.8. The van der Waals surface area contributed by atoms with Crippen LogP contribution in [0.1, 0.15) is 11.1 Å². The van der Waals surface area contributed by atoms with Gasteiger partial charge in [-0.1, -0.05) is 24.3 Å². The summed E-state index contributed by atoms with van der Waals surface area (Å²) in [5.74, 6) is 2.28. The monoisotopic (exact) mass is 471 g/mol. The molecule has 35 heavy (non-hydrogen) atoms. The van der Waals surface area contributed by atoms with Crippen molar-refractivity contribution in [1.82, 2.24) is 5.32 Å². The number of methoxy groups -OCH3 is 1. The average molecular weight is 472 g/mol. The van der Waals surface area contributed by atoms with Crippen molar-refractivity contribution < 1.29 is 19.0 Å². The highest BCUT2D eigenvalue weighted by Gasteiger charge is 2.41. The highest BCUT2D eigenvalue weighted by atomic mass is 16.7. The van der Waals surface area contributed by atoms with E-state index >= 15 is 0 Å². The maximum absolute atomic E-state index is 13.6. The van der Waals surface area contributed by atoms with E-state index in [1.807, 2.05) is 30.3 Å². The largest absolute Gasteiger partial charge is 0.497 e. The number of piperazine rings is 1. The maximum Gasteiger partial charge on any atom is 0.231 e. The Hall–Kier alpha value is -3.87. The van der Waals surface area contributed by atoms with Gasteiger partial charge in [-0.25, -0.2) is 0 Å². The number of hydrogen-bond acceptors (Lipinski definition) is 6. The Kier molecular flexibility index (Phi) is 5.60. The maximum atomic E-state index is 13.6. The summed E-state index contributed by atoms with van der Waals surface area (Å²) in [5, 5.41) is 3.20. The molecule has 7 nitrogen and oxygen atoms in total. The average Bonchev–Trinajstić information content (AvgIpc) is 3.39. The molecule has 1 fully saturated rings. The van der Waals surface area contributed by atoms with Crippen LogP contribution in [0, 0.1) is 5.92 Å². The molecule has 0 radical (unpaired) electrons. The fourth-order valence-electron chi connectivity index (χ4n) is 5.46. The SMILES string of the molecule is COc1ccc(N2CCN3c4ccccc4CC(C(=O)NCc4ccc5c(c4)OCO5)C3C2)cc1. The molecule has 180 valence electrons. The molecule has 0 bridgehead atoms. The molecule has 2 atom stereocenters. The van der Waals surface area contributed by atoms with Crippen LogP contribution in [0.3, 0.4) is 0 Å². The third-order valence-electron chi connectivity index (χ3n) is 7.30. The van der Waals surface area contributed by atoms with Gasteiger partial charge < -0.3 is 29.3 Å². The molecule has 0 aromatic heterocycles. The summed E-state index contributed by atoms with van der Waals surface area (Å²) >= 11 is 0. The Balaban J connectivity index is 1.22. The van der Waals surface area contributed by atoms with E-state index in [1.54, 1.807) is 7.11 Å². The number of hydrogen-bond donors (Lipinski definition) is 1. The third kappa shape index (κ3) is 4.11. The molecule has 6 rings (SSSR count). The van der Waals surface area contributed by atoms with Crippen LogP contribution in [0.5, 0.6) is 17.2 Å². The second-order valence-electron chi connectivity index (χ2n) is 9.25. The highest BCUT2D eigenvalue weighted by Crippen LogP contribution is 2.37. The molecule has 0 saturated carbocycles. The lowest BCUT2D eigenvalue weighted by molar-refractivity contribution is -0.126. The van der Waals surface area contributed by atoms with E-state index in [4.69, 9.17) is 14.2 Å². The first-order chi connectivity index (χ1) is 17.2. The van der Waals surface area contributed by atoms with Crippen molar-refractivity contribution in [3.63, 3.8) is 0 Å². The summed E-state index contributed by atoms with van der Waals surface area (Å²) in [5.41, 5.74) is 4.65. The Morgan fingerprint density at radius 3 is 2.71 bits per heavy atom. The summed E-state index contributed by atoms with van der Waals surface area (Å²) in [6.45, 7) is 3.28. The first-order valence-electron chi connectivity index (χ1n) is 12.1. The van der Waals surface area contributed by atoms with Gasteiger partial charge in [0.25, 0.3) is 0 Å². The van der Waals surface area contributed by atoms with Crippen molar-refractivity contribution in [3.05, 3.63) is 77.9 Å². The number of benzene rings is 3. The van der Waals surface area contributed by atoms with Crippen molar-refractivity contribution in [2.24, 2.45) is 5.92 Å². The van der Waals surface area contributed by atoms with Crippen molar-refractivity contribution in [3.8, 4) is 17.2 Å². The Labute approximate surface area is 205 Å². The van der Waals surface area contributed by atoms with Crippen LogP contribution < -0.4 is 29.3 Å². The Morgan fingerprint density at radius 1 is 1.03 bits per heavy atom. The van der Waals surface area contributed by atoms with Crippen LogP contribution in [0.25, 0.3) is 0 Å². The van der Waals surface area contributed by atoms with E-state index in [0.717, 1.165) is 54.6 Å². The zero-order valence-electron chi connectivity index (χ0n) is 19.8. The summed E-state index contributed by atoms with van der Waals surface area (Å²) in [7, 11) is 1.68. The van der Waals surface area contributed by atoms with Gasteiger partial charge in [-0.3, -0.25) is 4.79 Å². The zero-order chi connectivity index (χ0) is 23.8. The lowest BCUT2D eigenvalue weighted by Crippen LogP contribution is -2.61. The predicted octanol–water partition coefficient (Wildman–Crippen LogP) is 3.61. The molecular formula is C28H29N3O4. The number of nitrogens with one attached hydrogen (secondary N) is 1. The molecule has 3 aliphatic rings. The van der Waals surface area contributed by atoms with Gasteiger partial charge in [-0.2, -0.15) is 0 Å². The van der Waals surface area contributed by atoms with Crippen LogP contribution in [0.15, 0.2) is 66.7 Å². The molecule has 1 saturated heterocycles. The minimum atomic E-state index is -0.139. The number of rotatable bonds is 5. The number of nitrogens with zero attached hydrogens (tertiary/aromatic N) is 2. The summed E-state index contributed by atoms with van der Waals surface area (Å²) in [4.78, 5) is 18.4. The highest BCUT2D eigenvalue weighted by molar-refractivity contribution is 5.82. The molecule has 2 unspecified atom stereocenters.